The number of methoxy groups -OCH3 is 1. The second-order valence-electron chi connectivity index (χ2n) is 2.98. The van der Waals surface area contributed by atoms with Crippen molar-refractivity contribution in [3.05, 3.63) is 33.3 Å². The summed E-state index contributed by atoms with van der Waals surface area (Å²) in [6, 6.07) is 5.73. The predicted molar refractivity (Wildman–Crippen MR) is 65.1 cm³/mol. The lowest BCUT2D eigenvalue weighted by Gasteiger charge is -2.01. The summed E-state index contributed by atoms with van der Waals surface area (Å²) in [5, 5.41) is 0.976. The van der Waals surface area contributed by atoms with Crippen LogP contribution in [0.1, 0.15) is 0 Å². The molecule has 0 fully saturated rings. The molecule has 2 rings (SSSR count). The van der Waals surface area contributed by atoms with Crippen LogP contribution in [0.3, 0.4) is 0 Å². The van der Waals surface area contributed by atoms with E-state index in [1.54, 1.807) is 6.20 Å². The van der Waals surface area contributed by atoms with Gasteiger partial charge >= 0.3 is 6.09 Å². The summed E-state index contributed by atoms with van der Waals surface area (Å²) in [5.74, 6) is 0. The molecule has 3 nitrogen and oxygen atoms in total. The number of hydrogen-bond acceptors (Lipinski definition) is 2. The van der Waals surface area contributed by atoms with Gasteiger partial charge in [0.15, 0.2) is 0 Å². The molecule has 1 aromatic heterocycles. The van der Waals surface area contributed by atoms with E-state index in [2.05, 4.69) is 36.6 Å². The minimum absolute atomic E-state index is 0.399. The molecular formula is C10H7Br2NO2. The van der Waals surface area contributed by atoms with Crippen LogP contribution in [-0.2, 0) is 4.74 Å². The van der Waals surface area contributed by atoms with E-state index in [0.717, 1.165) is 19.8 Å². The van der Waals surface area contributed by atoms with Crippen molar-refractivity contribution in [2.75, 3.05) is 7.11 Å². The van der Waals surface area contributed by atoms with E-state index in [4.69, 9.17) is 0 Å². The van der Waals surface area contributed by atoms with Gasteiger partial charge in [-0.15, -0.1) is 0 Å². The van der Waals surface area contributed by atoms with Crippen LogP contribution in [-0.4, -0.2) is 17.8 Å². The molecule has 0 aliphatic heterocycles. The Kier molecular flexibility index (Phi) is 2.84. The maximum atomic E-state index is 11.5. The van der Waals surface area contributed by atoms with Gasteiger partial charge in [0.2, 0.25) is 0 Å². The second kappa shape index (κ2) is 3.98. The molecule has 0 N–H and O–H groups in total. The molecule has 1 heterocycles. The second-order valence-corrected chi connectivity index (χ2v) is 4.75. The number of aromatic nitrogens is 1. The number of halogens is 2. The number of nitrogens with zero attached hydrogens (tertiary/aromatic N) is 1. The molecular weight excluding hydrogens is 326 g/mol. The maximum Gasteiger partial charge on any atom is 0.418 e. The van der Waals surface area contributed by atoms with E-state index in [0.29, 0.717) is 0 Å². The monoisotopic (exact) mass is 331 g/mol. The summed E-state index contributed by atoms with van der Waals surface area (Å²) < 4.78 is 7.94. The van der Waals surface area contributed by atoms with Crippen LogP contribution in [0.5, 0.6) is 0 Å². The zero-order valence-corrected chi connectivity index (χ0v) is 11.0. The summed E-state index contributed by atoms with van der Waals surface area (Å²) in [5.41, 5.74) is 0.808. The number of hydrogen-bond donors (Lipinski definition) is 0. The fraction of sp³-hybridized carbons (Fsp3) is 0.100. The number of fused-ring (bicyclic) bond motifs is 1. The fourth-order valence-electron chi connectivity index (χ4n) is 1.41. The molecule has 0 saturated carbocycles. The van der Waals surface area contributed by atoms with Crippen LogP contribution < -0.4 is 0 Å². The van der Waals surface area contributed by atoms with Crippen molar-refractivity contribution in [3.8, 4) is 0 Å². The predicted octanol–water partition coefficient (Wildman–Crippen LogP) is 3.78. The standard InChI is InChI=1S/C10H7Br2NO2/c1-15-10(14)13-5-8(12)7-3-2-6(11)4-9(7)13/h2-5H,1H3. The Labute approximate surface area is 103 Å². The van der Waals surface area contributed by atoms with Gasteiger partial charge in [0, 0.05) is 20.5 Å². The average molecular weight is 333 g/mol. The molecule has 15 heavy (non-hydrogen) atoms. The van der Waals surface area contributed by atoms with Gasteiger partial charge in [-0.2, -0.15) is 0 Å². The van der Waals surface area contributed by atoms with Crippen molar-refractivity contribution in [2.24, 2.45) is 0 Å². The molecule has 1 aromatic carbocycles. The van der Waals surface area contributed by atoms with Gasteiger partial charge < -0.3 is 4.74 Å². The van der Waals surface area contributed by atoms with Gasteiger partial charge in [0.25, 0.3) is 0 Å². The first-order valence-electron chi connectivity index (χ1n) is 4.18. The number of rotatable bonds is 0. The molecule has 0 spiro atoms. The van der Waals surface area contributed by atoms with E-state index in [-0.39, 0.29) is 0 Å². The molecule has 0 bridgehead atoms. The van der Waals surface area contributed by atoms with Crippen LogP contribution in [0.25, 0.3) is 10.9 Å². The lowest BCUT2D eigenvalue weighted by molar-refractivity contribution is 0.174. The molecule has 78 valence electrons. The number of ether oxygens (including phenoxy) is 1. The van der Waals surface area contributed by atoms with Gasteiger partial charge in [-0.3, -0.25) is 4.57 Å². The lowest BCUT2D eigenvalue weighted by atomic mass is 10.2. The van der Waals surface area contributed by atoms with Crippen LogP contribution in [0.15, 0.2) is 33.3 Å². The molecule has 0 amide bonds. The van der Waals surface area contributed by atoms with Gasteiger partial charge in [-0.25, -0.2) is 4.79 Å². The largest absolute Gasteiger partial charge is 0.452 e. The van der Waals surface area contributed by atoms with Crippen LogP contribution in [0, 0.1) is 0 Å². The molecule has 0 atom stereocenters. The third kappa shape index (κ3) is 1.81. The SMILES string of the molecule is COC(=O)n1cc(Br)c2ccc(Br)cc21. The Bertz CT molecular complexity index is 533. The lowest BCUT2D eigenvalue weighted by Crippen LogP contribution is -2.09. The highest BCUT2D eigenvalue weighted by Gasteiger charge is 2.12. The highest BCUT2D eigenvalue weighted by atomic mass is 79.9. The topological polar surface area (TPSA) is 31.2 Å². The zero-order chi connectivity index (χ0) is 11.0. The quantitative estimate of drug-likeness (QED) is 0.735. The first-order chi connectivity index (χ1) is 7.13. The van der Waals surface area contributed by atoms with Crippen LogP contribution >= 0.6 is 31.9 Å². The Balaban J connectivity index is 2.75. The molecule has 0 radical (unpaired) electrons. The summed E-state index contributed by atoms with van der Waals surface area (Å²) in [4.78, 5) is 11.5. The van der Waals surface area contributed by atoms with Gasteiger partial charge in [0.05, 0.1) is 12.6 Å². The number of benzene rings is 1. The normalized spacial score (nSPS) is 10.6. The first-order valence-corrected chi connectivity index (χ1v) is 5.76. The van der Waals surface area contributed by atoms with Crippen LogP contribution in [0.2, 0.25) is 0 Å². The summed E-state index contributed by atoms with van der Waals surface area (Å²) in [7, 11) is 1.36. The Morgan fingerprint density at radius 3 is 2.80 bits per heavy atom. The Morgan fingerprint density at radius 2 is 2.13 bits per heavy atom. The first kappa shape index (κ1) is 10.7. The highest BCUT2D eigenvalue weighted by molar-refractivity contribution is 9.11. The van der Waals surface area contributed by atoms with E-state index < -0.39 is 6.09 Å². The smallest absolute Gasteiger partial charge is 0.418 e. The van der Waals surface area contributed by atoms with E-state index >= 15 is 0 Å². The minimum Gasteiger partial charge on any atom is -0.452 e. The molecule has 5 heteroatoms. The summed E-state index contributed by atoms with van der Waals surface area (Å²) in [6.45, 7) is 0. The Morgan fingerprint density at radius 1 is 1.40 bits per heavy atom. The van der Waals surface area contributed by atoms with Gasteiger partial charge in [0.1, 0.15) is 0 Å². The summed E-state index contributed by atoms with van der Waals surface area (Å²) >= 11 is 6.76. The molecule has 0 aliphatic carbocycles. The maximum absolute atomic E-state index is 11.5. The van der Waals surface area contributed by atoms with E-state index in [1.165, 1.54) is 11.7 Å². The van der Waals surface area contributed by atoms with Crippen molar-refractivity contribution in [2.45, 2.75) is 0 Å². The van der Waals surface area contributed by atoms with E-state index in [9.17, 15) is 4.79 Å². The van der Waals surface area contributed by atoms with Crippen molar-refractivity contribution in [1.82, 2.24) is 4.57 Å². The number of carbonyl (C=O) groups excluding carboxylic acids is 1. The highest BCUT2D eigenvalue weighted by Crippen LogP contribution is 2.28. The van der Waals surface area contributed by atoms with Crippen molar-refractivity contribution >= 4 is 48.9 Å². The van der Waals surface area contributed by atoms with Crippen molar-refractivity contribution < 1.29 is 9.53 Å². The molecule has 0 unspecified atom stereocenters. The minimum atomic E-state index is -0.399. The third-order valence-electron chi connectivity index (χ3n) is 2.09. The average Bonchev–Trinajstić information content (AvgIpc) is 2.54. The van der Waals surface area contributed by atoms with Crippen LogP contribution in [0.4, 0.5) is 4.79 Å². The Hall–Kier alpha value is -0.810. The van der Waals surface area contributed by atoms with E-state index in [1.807, 2.05) is 18.2 Å². The zero-order valence-electron chi connectivity index (χ0n) is 7.83. The van der Waals surface area contributed by atoms with Gasteiger partial charge in [-0.05, 0) is 28.1 Å². The molecule has 2 aromatic rings. The third-order valence-corrected chi connectivity index (χ3v) is 3.22. The molecule has 0 aliphatic rings. The fourth-order valence-corrected chi connectivity index (χ4v) is 2.30. The van der Waals surface area contributed by atoms with Gasteiger partial charge in [-0.1, -0.05) is 22.0 Å². The summed E-state index contributed by atoms with van der Waals surface area (Å²) in [6.07, 6.45) is 1.30. The number of carbonyl (C=O) groups is 1. The molecule has 0 saturated heterocycles. The van der Waals surface area contributed by atoms with Crippen molar-refractivity contribution in [1.29, 1.82) is 0 Å². The van der Waals surface area contributed by atoms with Crippen molar-refractivity contribution in [3.63, 3.8) is 0 Å².